The Morgan fingerprint density at radius 3 is 3.00 bits per heavy atom. The van der Waals surface area contributed by atoms with Gasteiger partial charge in [-0.25, -0.2) is 4.98 Å². The van der Waals surface area contributed by atoms with E-state index in [0.717, 1.165) is 36.3 Å². The number of aliphatic hydroxyl groups is 1. The van der Waals surface area contributed by atoms with Crippen molar-refractivity contribution in [3.63, 3.8) is 0 Å². The van der Waals surface area contributed by atoms with Gasteiger partial charge in [-0.2, -0.15) is 5.10 Å². The van der Waals surface area contributed by atoms with E-state index in [4.69, 9.17) is 11.6 Å². The van der Waals surface area contributed by atoms with Crippen LogP contribution in [0.15, 0.2) is 36.9 Å². The van der Waals surface area contributed by atoms with Crippen molar-refractivity contribution in [3.8, 4) is 0 Å². The van der Waals surface area contributed by atoms with E-state index in [9.17, 15) is 5.11 Å². The molecular weight excluding hydrogens is 274 g/mol. The van der Waals surface area contributed by atoms with Crippen LogP contribution in [0, 0.1) is 5.92 Å². The van der Waals surface area contributed by atoms with Crippen LogP contribution >= 0.6 is 11.6 Å². The average Bonchev–Trinajstić information content (AvgIpc) is 3.04. The van der Waals surface area contributed by atoms with Gasteiger partial charge >= 0.3 is 0 Å². The van der Waals surface area contributed by atoms with Gasteiger partial charge in [0.05, 0.1) is 12.1 Å². The molecule has 0 aliphatic heterocycles. The Bertz CT molecular complexity index is 572. The minimum atomic E-state index is -0.715. The molecule has 5 heteroatoms. The Morgan fingerprint density at radius 1 is 1.40 bits per heavy atom. The second-order valence-electron chi connectivity index (χ2n) is 5.58. The Labute approximate surface area is 123 Å². The molecular formula is C15H18ClN3O. The highest BCUT2D eigenvalue weighted by molar-refractivity contribution is 6.31. The smallest absolute Gasteiger partial charge is 0.137 e. The molecule has 1 aliphatic carbocycles. The molecule has 1 aliphatic rings. The molecule has 1 N–H and O–H groups in total. The maximum Gasteiger partial charge on any atom is 0.137 e. The molecule has 1 aromatic carbocycles. The minimum absolute atomic E-state index is 0.214. The maximum atomic E-state index is 10.9. The van der Waals surface area contributed by atoms with Crippen molar-refractivity contribution in [3.05, 3.63) is 47.5 Å². The van der Waals surface area contributed by atoms with Crippen molar-refractivity contribution < 1.29 is 5.11 Å². The summed E-state index contributed by atoms with van der Waals surface area (Å²) in [6.07, 6.45) is 6.84. The van der Waals surface area contributed by atoms with Crippen molar-refractivity contribution in [2.75, 3.05) is 0 Å². The largest absolute Gasteiger partial charge is 0.388 e. The molecule has 0 bridgehead atoms. The second kappa shape index (κ2) is 5.54. The van der Waals surface area contributed by atoms with Gasteiger partial charge in [-0.1, -0.05) is 36.2 Å². The van der Waals surface area contributed by atoms with Gasteiger partial charge < -0.3 is 5.11 Å². The molecule has 0 radical (unpaired) electrons. The van der Waals surface area contributed by atoms with E-state index in [-0.39, 0.29) is 5.92 Å². The zero-order valence-electron chi connectivity index (χ0n) is 11.2. The molecule has 1 heterocycles. The van der Waals surface area contributed by atoms with Gasteiger partial charge in [-0.15, -0.1) is 0 Å². The third-order valence-electron chi connectivity index (χ3n) is 4.25. The fourth-order valence-electron chi connectivity index (χ4n) is 3.15. The first kappa shape index (κ1) is 13.6. The maximum absolute atomic E-state index is 10.9. The number of hydrogen-bond acceptors (Lipinski definition) is 3. The zero-order chi connectivity index (χ0) is 14.0. The molecule has 3 rings (SSSR count). The van der Waals surface area contributed by atoms with Crippen LogP contribution in [0.3, 0.4) is 0 Å². The van der Waals surface area contributed by atoms with Crippen molar-refractivity contribution in [2.45, 2.75) is 37.8 Å². The van der Waals surface area contributed by atoms with Crippen LogP contribution < -0.4 is 0 Å². The predicted molar refractivity (Wildman–Crippen MR) is 77.5 cm³/mol. The van der Waals surface area contributed by atoms with Gasteiger partial charge in [0, 0.05) is 5.02 Å². The van der Waals surface area contributed by atoms with Gasteiger partial charge in [0.25, 0.3) is 0 Å². The van der Waals surface area contributed by atoms with Crippen LogP contribution in [0.4, 0.5) is 0 Å². The number of rotatable bonds is 4. The highest BCUT2D eigenvalue weighted by Crippen LogP contribution is 2.39. The van der Waals surface area contributed by atoms with Gasteiger partial charge in [-0.05, 0) is 36.8 Å². The summed E-state index contributed by atoms with van der Waals surface area (Å²) in [7, 11) is 0. The molecule has 0 amide bonds. The van der Waals surface area contributed by atoms with Gasteiger partial charge in [-0.3, -0.25) is 4.68 Å². The number of halogens is 1. The summed E-state index contributed by atoms with van der Waals surface area (Å²) in [5.74, 6) is 0.214. The normalized spacial score (nSPS) is 26.0. The minimum Gasteiger partial charge on any atom is -0.388 e. The van der Waals surface area contributed by atoms with Crippen LogP contribution in [0.1, 0.15) is 24.8 Å². The van der Waals surface area contributed by atoms with Crippen LogP contribution in [0.2, 0.25) is 5.02 Å². The molecule has 0 saturated heterocycles. The first-order valence-corrected chi connectivity index (χ1v) is 7.33. The topological polar surface area (TPSA) is 50.9 Å². The summed E-state index contributed by atoms with van der Waals surface area (Å²) in [5.41, 5.74) is 0.394. The number of aromatic nitrogens is 3. The number of nitrogens with zero attached hydrogens (tertiary/aromatic N) is 3. The van der Waals surface area contributed by atoms with Crippen LogP contribution in [-0.4, -0.2) is 25.5 Å². The van der Waals surface area contributed by atoms with E-state index in [1.54, 1.807) is 11.0 Å². The second-order valence-corrected chi connectivity index (χ2v) is 5.99. The summed E-state index contributed by atoms with van der Waals surface area (Å²) in [4.78, 5) is 3.94. The van der Waals surface area contributed by atoms with E-state index in [0.29, 0.717) is 6.54 Å². The molecule has 106 valence electrons. The van der Waals surface area contributed by atoms with Crippen molar-refractivity contribution in [1.82, 2.24) is 14.8 Å². The van der Waals surface area contributed by atoms with Crippen LogP contribution in [0.5, 0.6) is 0 Å². The van der Waals surface area contributed by atoms with E-state index in [1.807, 2.05) is 24.3 Å². The lowest BCUT2D eigenvalue weighted by Gasteiger charge is -2.30. The molecule has 4 nitrogen and oxygen atoms in total. The Balaban J connectivity index is 1.76. The molecule has 2 aromatic rings. The lowest BCUT2D eigenvalue weighted by molar-refractivity contribution is -0.0163. The first-order valence-electron chi connectivity index (χ1n) is 6.95. The number of hydrogen-bond donors (Lipinski definition) is 1. The summed E-state index contributed by atoms with van der Waals surface area (Å²) in [6, 6.07) is 7.87. The SMILES string of the molecule is OC1(Cn2cncn2)CCCC1Cc1ccccc1Cl. The number of benzene rings is 1. The Kier molecular flexibility index (Phi) is 3.76. The molecule has 1 fully saturated rings. The molecule has 2 atom stereocenters. The molecule has 1 aromatic heterocycles. The van der Waals surface area contributed by atoms with Gasteiger partial charge in [0.1, 0.15) is 12.7 Å². The molecule has 1 saturated carbocycles. The monoisotopic (exact) mass is 291 g/mol. The third-order valence-corrected chi connectivity index (χ3v) is 4.62. The molecule has 2 unspecified atom stereocenters. The van der Waals surface area contributed by atoms with Crippen molar-refractivity contribution >= 4 is 11.6 Å². The van der Waals surface area contributed by atoms with Crippen LogP contribution in [-0.2, 0) is 13.0 Å². The Hall–Kier alpha value is -1.39. The highest BCUT2D eigenvalue weighted by atomic mass is 35.5. The van der Waals surface area contributed by atoms with Crippen molar-refractivity contribution in [2.24, 2.45) is 5.92 Å². The third kappa shape index (κ3) is 2.72. The van der Waals surface area contributed by atoms with Crippen LogP contribution in [0.25, 0.3) is 0 Å². The summed E-state index contributed by atoms with van der Waals surface area (Å²) in [5, 5.41) is 15.8. The van der Waals surface area contributed by atoms with E-state index in [1.165, 1.54) is 6.33 Å². The highest BCUT2D eigenvalue weighted by Gasteiger charge is 2.41. The fourth-order valence-corrected chi connectivity index (χ4v) is 3.36. The molecule has 20 heavy (non-hydrogen) atoms. The lowest BCUT2D eigenvalue weighted by atomic mass is 9.85. The zero-order valence-corrected chi connectivity index (χ0v) is 12.0. The fraction of sp³-hybridized carbons (Fsp3) is 0.467. The van der Waals surface area contributed by atoms with E-state index in [2.05, 4.69) is 10.1 Å². The Morgan fingerprint density at radius 2 is 2.25 bits per heavy atom. The van der Waals surface area contributed by atoms with E-state index >= 15 is 0 Å². The molecule has 0 spiro atoms. The first-order chi connectivity index (χ1) is 9.67. The van der Waals surface area contributed by atoms with Gasteiger partial charge in [0.15, 0.2) is 0 Å². The summed E-state index contributed by atoms with van der Waals surface area (Å²) < 4.78 is 1.71. The standard InChI is InChI=1S/C15H18ClN3O/c16-14-6-2-1-4-12(14)8-13-5-3-7-15(13,20)9-19-11-17-10-18-19/h1-2,4,6,10-11,13,20H,3,5,7-9H2. The summed E-state index contributed by atoms with van der Waals surface area (Å²) >= 11 is 6.23. The quantitative estimate of drug-likeness (QED) is 0.942. The van der Waals surface area contributed by atoms with E-state index < -0.39 is 5.60 Å². The van der Waals surface area contributed by atoms with Crippen molar-refractivity contribution in [1.29, 1.82) is 0 Å². The lowest BCUT2D eigenvalue weighted by Crippen LogP contribution is -2.39. The van der Waals surface area contributed by atoms with Gasteiger partial charge in [0.2, 0.25) is 0 Å². The predicted octanol–water partition coefficient (Wildman–Crippen LogP) is 2.71. The summed E-state index contributed by atoms with van der Waals surface area (Å²) in [6.45, 7) is 0.502. The average molecular weight is 292 g/mol.